The van der Waals surface area contributed by atoms with Gasteiger partial charge in [0, 0.05) is 29.9 Å². The van der Waals surface area contributed by atoms with E-state index < -0.39 is 5.54 Å². The molecule has 7 heteroatoms. The summed E-state index contributed by atoms with van der Waals surface area (Å²) in [7, 11) is 3.17. The van der Waals surface area contributed by atoms with Crippen molar-refractivity contribution in [1.82, 2.24) is 14.8 Å². The van der Waals surface area contributed by atoms with E-state index in [0.717, 1.165) is 39.7 Å². The van der Waals surface area contributed by atoms with E-state index in [-0.39, 0.29) is 24.3 Å². The fourth-order valence-corrected chi connectivity index (χ4v) is 6.29. The van der Waals surface area contributed by atoms with Gasteiger partial charge in [0.25, 0.3) is 5.91 Å². The molecule has 0 radical (unpaired) electrons. The molecule has 2 amide bonds. The van der Waals surface area contributed by atoms with Crippen molar-refractivity contribution in [3.8, 4) is 11.5 Å². The number of methoxy groups -OCH3 is 2. The van der Waals surface area contributed by atoms with Crippen LogP contribution in [0.2, 0.25) is 0 Å². The normalized spacial score (nSPS) is 20.7. The second-order valence-corrected chi connectivity index (χ2v) is 10.5. The molecule has 6 rings (SSSR count). The van der Waals surface area contributed by atoms with Crippen LogP contribution in [0.4, 0.5) is 0 Å². The number of fused-ring (bicyclic) bond motifs is 5. The lowest BCUT2D eigenvalue weighted by atomic mass is 9.76. The van der Waals surface area contributed by atoms with Crippen LogP contribution in [0.5, 0.6) is 11.5 Å². The quantitative estimate of drug-likeness (QED) is 0.387. The van der Waals surface area contributed by atoms with Gasteiger partial charge >= 0.3 is 0 Å². The number of amides is 2. The van der Waals surface area contributed by atoms with Crippen molar-refractivity contribution in [3.63, 3.8) is 0 Å². The Labute approximate surface area is 228 Å². The van der Waals surface area contributed by atoms with Gasteiger partial charge in [0.2, 0.25) is 5.91 Å². The molecule has 3 aromatic carbocycles. The lowest BCUT2D eigenvalue weighted by Crippen LogP contribution is -2.67. The number of ether oxygens (including phenoxy) is 2. The number of rotatable bonds is 6. The number of nitrogens with one attached hydrogen (secondary N) is 1. The fraction of sp³-hybridized carbons (Fsp3) is 0.312. The third-order valence-electron chi connectivity index (χ3n) is 8.43. The number of hydrogen-bond donors (Lipinski definition) is 1. The number of benzene rings is 3. The number of hydrogen-bond acceptors (Lipinski definition) is 4. The van der Waals surface area contributed by atoms with Crippen LogP contribution in [0.25, 0.3) is 10.9 Å². The van der Waals surface area contributed by atoms with Crippen molar-refractivity contribution in [2.24, 2.45) is 0 Å². The molecule has 2 aliphatic rings. The minimum absolute atomic E-state index is 0.0276. The highest BCUT2D eigenvalue weighted by Gasteiger charge is 2.56. The Morgan fingerprint density at radius 1 is 0.949 bits per heavy atom. The van der Waals surface area contributed by atoms with Crippen LogP contribution >= 0.6 is 0 Å². The summed E-state index contributed by atoms with van der Waals surface area (Å²) in [6.07, 6.45) is 0.969. The Morgan fingerprint density at radius 3 is 2.38 bits per heavy atom. The first-order valence-corrected chi connectivity index (χ1v) is 13.4. The average Bonchev–Trinajstić information content (AvgIpc) is 3.37. The number of piperazine rings is 1. The third-order valence-corrected chi connectivity index (χ3v) is 8.43. The maximum atomic E-state index is 14.3. The topological polar surface area (TPSA) is 74.9 Å². The summed E-state index contributed by atoms with van der Waals surface area (Å²) < 4.78 is 10.8. The zero-order valence-electron chi connectivity index (χ0n) is 22.8. The number of carbonyl (C=O) groups excluding carboxylic acids is 2. The first-order chi connectivity index (χ1) is 18.9. The van der Waals surface area contributed by atoms with E-state index in [4.69, 9.17) is 9.47 Å². The monoisotopic (exact) mass is 523 g/mol. The molecular formula is C32H33N3O4. The van der Waals surface area contributed by atoms with Gasteiger partial charge in [0.15, 0.2) is 17.0 Å². The number of H-pyrrole nitrogens is 1. The molecule has 39 heavy (non-hydrogen) atoms. The van der Waals surface area contributed by atoms with E-state index in [0.29, 0.717) is 24.6 Å². The Bertz CT molecular complexity index is 1570. The Balaban J connectivity index is 1.44. The predicted molar refractivity (Wildman–Crippen MR) is 150 cm³/mol. The molecule has 1 aromatic heterocycles. The zero-order chi connectivity index (χ0) is 27.3. The predicted octanol–water partition coefficient (Wildman–Crippen LogP) is 4.98. The zero-order valence-corrected chi connectivity index (χ0v) is 22.8. The van der Waals surface area contributed by atoms with Crippen LogP contribution in [0.1, 0.15) is 47.7 Å². The summed E-state index contributed by atoms with van der Waals surface area (Å²) in [6.45, 7) is 4.81. The molecule has 3 heterocycles. The van der Waals surface area contributed by atoms with Crippen LogP contribution < -0.4 is 9.47 Å². The number of aromatic amines is 1. The van der Waals surface area contributed by atoms with Gasteiger partial charge in [0.05, 0.1) is 19.9 Å². The SMILES string of the molecule is CCc1ccc([C@@H]2CN3C(=O)CN(Cc4ccc(OC)c(OC)c4)C(=O)[C@]3(C)c3[nH]c4ccccc4c32)cc1. The molecule has 1 saturated heterocycles. The highest BCUT2D eigenvalue weighted by molar-refractivity contribution is 6.01. The third kappa shape index (κ3) is 3.87. The number of aromatic nitrogens is 1. The van der Waals surface area contributed by atoms with Crippen LogP contribution in [-0.4, -0.2) is 53.9 Å². The van der Waals surface area contributed by atoms with Crippen molar-refractivity contribution in [2.45, 2.75) is 38.3 Å². The summed E-state index contributed by atoms with van der Waals surface area (Å²) in [5.74, 6) is 1.02. The van der Waals surface area contributed by atoms with Crippen LogP contribution in [-0.2, 0) is 28.1 Å². The van der Waals surface area contributed by atoms with Crippen molar-refractivity contribution < 1.29 is 19.1 Å². The molecule has 7 nitrogen and oxygen atoms in total. The highest BCUT2D eigenvalue weighted by atomic mass is 16.5. The minimum atomic E-state index is -1.14. The first kappa shape index (κ1) is 25.0. The van der Waals surface area contributed by atoms with Gasteiger partial charge < -0.3 is 24.3 Å². The number of para-hydroxylation sites is 1. The average molecular weight is 524 g/mol. The standard InChI is InChI=1S/C32H33N3O4/c1-5-20-10-13-22(14-11-20)24-18-35-28(36)19-34(17-21-12-15-26(38-3)27(16-21)39-4)31(37)32(35,2)30-29(24)23-8-6-7-9-25(23)33-30/h6-16,24,33H,5,17-19H2,1-4H3/t24-,32-/m0/s1. The van der Waals surface area contributed by atoms with E-state index in [1.165, 1.54) is 5.56 Å². The molecule has 2 aliphatic heterocycles. The first-order valence-electron chi connectivity index (χ1n) is 13.4. The maximum absolute atomic E-state index is 14.3. The number of carbonyl (C=O) groups is 2. The van der Waals surface area contributed by atoms with E-state index in [1.807, 2.05) is 43.3 Å². The van der Waals surface area contributed by atoms with Crippen LogP contribution in [0, 0.1) is 0 Å². The van der Waals surface area contributed by atoms with E-state index in [2.05, 4.69) is 42.2 Å². The number of nitrogens with zero attached hydrogens (tertiary/aromatic N) is 2. The second-order valence-electron chi connectivity index (χ2n) is 10.5. The van der Waals surface area contributed by atoms with Gasteiger partial charge in [0.1, 0.15) is 6.54 Å². The van der Waals surface area contributed by atoms with Crippen molar-refractivity contribution in [3.05, 3.63) is 94.7 Å². The van der Waals surface area contributed by atoms with E-state index in [1.54, 1.807) is 24.0 Å². The summed E-state index contributed by atoms with van der Waals surface area (Å²) in [5, 5.41) is 1.09. The molecule has 1 N–H and O–H groups in total. The van der Waals surface area contributed by atoms with Gasteiger partial charge in [-0.1, -0.05) is 55.5 Å². The molecule has 2 atom stereocenters. The molecule has 0 unspecified atom stereocenters. The lowest BCUT2D eigenvalue weighted by molar-refractivity contribution is -0.166. The summed E-state index contributed by atoms with van der Waals surface area (Å²) >= 11 is 0. The minimum Gasteiger partial charge on any atom is -0.493 e. The summed E-state index contributed by atoms with van der Waals surface area (Å²) in [5.41, 5.74) is 5.02. The van der Waals surface area contributed by atoms with Gasteiger partial charge in [-0.25, -0.2) is 0 Å². The van der Waals surface area contributed by atoms with Crippen molar-refractivity contribution in [2.75, 3.05) is 27.3 Å². The molecular weight excluding hydrogens is 490 g/mol. The molecule has 1 fully saturated rings. The lowest BCUT2D eigenvalue weighted by Gasteiger charge is -2.51. The van der Waals surface area contributed by atoms with Gasteiger partial charge in [-0.05, 0) is 53.8 Å². The second kappa shape index (κ2) is 9.49. The molecule has 0 saturated carbocycles. The Kier molecular flexibility index (Phi) is 6.09. The van der Waals surface area contributed by atoms with Gasteiger partial charge in [-0.2, -0.15) is 0 Å². The van der Waals surface area contributed by atoms with Gasteiger partial charge in [-0.15, -0.1) is 0 Å². The summed E-state index contributed by atoms with van der Waals surface area (Å²) in [6, 6.07) is 22.4. The van der Waals surface area contributed by atoms with Gasteiger partial charge in [-0.3, -0.25) is 9.59 Å². The largest absolute Gasteiger partial charge is 0.493 e. The van der Waals surface area contributed by atoms with Crippen LogP contribution in [0.15, 0.2) is 66.7 Å². The van der Waals surface area contributed by atoms with Crippen molar-refractivity contribution >= 4 is 22.7 Å². The smallest absolute Gasteiger partial charge is 0.255 e. The Morgan fingerprint density at radius 2 is 1.67 bits per heavy atom. The maximum Gasteiger partial charge on any atom is 0.255 e. The molecule has 200 valence electrons. The fourth-order valence-electron chi connectivity index (χ4n) is 6.29. The van der Waals surface area contributed by atoms with Crippen molar-refractivity contribution in [1.29, 1.82) is 0 Å². The Hall–Kier alpha value is -4.26. The number of aryl methyl sites for hydroxylation is 1. The van der Waals surface area contributed by atoms with Crippen LogP contribution in [0.3, 0.4) is 0 Å². The highest BCUT2D eigenvalue weighted by Crippen LogP contribution is 2.48. The molecule has 0 bridgehead atoms. The van der Waals surface area contributed by atoms with E-state index in [9.17, 15) is 9.59 Å². The molecule has 4 aromatic rings. The van der Waals surface area contributed by atoms with E-state index >= 15 is 0 Å². The summed E-state index contributed by atoms with van der Waals surface area (Å²) in [4.78, 5) is 35.1. The molecule has 0 spiro atoms. The molecule has 0 aliphatic carbocycles.